The molecule has 0 aliphatic rings. The summed E-state index contributed by atoms with van der Waals surface area (Å²) in [5.41, 5.74) is -0.512. The molecule has 0 fully saturated rings. The summed E-state index contributed by atoms with van der Waals surface area (Å²) in [5.74, 6) is -1.73. The average Bonchev–Trinajstić information content (AvgIpc) is 2.27. The van der Waals surface area contributed by atoms with Crippen LogP contribution in [0.25, 0.3) is 5.76 Å². The Balaban J connectivity index is 3.20. The summed E-state index contributed by atoms with van der Waals surface area (Å²) in [6.45, 7) is 5.17. The van der Waals surface area contributed by atoms with Crippen LogP contribution in [0.1, 0.15) is 36.7 Å². The first-order chi connectivity index (χ1) is 8.23. The zero-order valence-electron chi connectivity index (χ0n) is 10.6. The quantitative estimate of drug-likeness (QED) is 0.637. The predicted octanol–water partition coefficient (Wildman–Crippen LogP) is 2.90. The van der Waals surface area contributed by atoms with E-state index in [1.54, 1.807) is 32.9 Å². The van der Waals surface area contributed by atoms with Crippen molar-refractivity contribution in [3.05, 3.63) is 41.5 Å². The van der Waals surface area contributed by atoms with E-state index in [-0.39, 0.29) is 22.7 Å². The van der Waals surface area contributed by atoms with Gasteiger partial charge < -0.3 is 10.2 Å². The molecule has 4 heteroatoms. The summed E-state index contributed by atoms with van der Waals surface area (Å²) in [6.07, 6.45) is 1.07. The molecule has 1 aromatic rings. The van der Waals surface area contributed by atoms with Gasteiger partial charge in [0.2, 0.25) is 0 Å². The van der Waals surface area contributed by atoms with Crippen LogP contribution in [0.15, 0.2) is 30.3 Å². The largest absolute Gasteiger partial charge is 0.507 e. The average molecular weight is 248 g/mol. The molecule has 0 atom stereocenters. The maximum atomic E-state index is 11.7. The number of rotatable bonds is 3. The maximum Gasteiger partial charge on any atom is 0.336 e. The van der Waals surface area contributed by atoms with Crippen molar-refractivity contribution in [2.75, 3.05) is 0 Å². The van der Waals surface area contributed by atoms with Crippen LogP contribution in [-0.4, -0.2) is 22.0 Å². The molecule has 1 rings (SSSR count). The van der Waals surface area contributed by atoms with Crippen molar-refractivity contribution >= 4 is 17.5 Å². The first kappa shape index (κ1) is 14.0. The van der Waals surface area contributed by atoms with Crippen LogP contribution in [0.2, 0.25) is 0 Å². The number of hydrogen-bond donors (Lipinski definition) is 2. The summed E-state index contributed by atoms with van der Waals surface area (Å²) < 4.78 is 0. The molecule has 18 heavy (non-hydrogen) atoms. The number of ketones is 1. The zero-order valence-corrected chi connectivity index (χ0v) is 10.6. The van der Waals surface area contributed by atoms with Crippen molar-refractivity contribution in [2.24, 2.45) is 5.41 Å². The molecule has 0 saturated carbocycles. The van der Waals surface area contributed by atoms with E-state index in [1.807, 2.05) is 0 Å². The Morgan fingerprint density at radius 3 is 2.00 bits per heavy atom. The van der Waals surface area contributed by atoms with Crippen LogP contribution in [-0.2, 0) is 4.79 Å². The molecule has 0 amide bonds. The number of benzene rings is 1. The summed E-state index contributed by atoms with van der Waals surface area (Å²) >= 11 is 0. The van der Waals surface area contributed by atoms with Crippen LogP contribution in [0.5, 0.6) is 0 Å². The van der Waals surface area contributed by atoms with Gasteiger partial charge in [-0.1, -0.05) is 39.0 Å². The molecule has 0 unspecified atom stereocenters. The predicted molar refractivity (Wildman–Crippen MR) is 68.5 cm³/mol. The lowest BCUT2D eigenvalue weighted by Gasteiger charge is -2.14. The number of hydrogen-bond acceptors (Lipinski definition) is 3. The SMILES string of the molecule is CC(C)(C)C(=O)/C=C(\O)c1ccccc1C(=O)O. The first-order valence-corrected chi connectivity index (χ1v) is 5.51. The van der Waals surface area contributed by atoms with Gasteiger partial charge in [0.1, 0.15) is 5.76 Å². The van der Waals surface area contributed by atoms with Crippen LogP contribution in [0.3, 0.4) is 0 Å². The minimum Gasteiger partial charge on any atom is -0.507 e. The second-order valence-corrected chi connectivity index (χ2v) is 4.99. The number of aromatic carboxylic acids is 1. The fourth-order valence-electron chi connectivity index (χ4n) is 1.31. The number of allylic oxidation sites excluding steroid dienone is 1. The van der Waals surface area contributed by atoms with Crippen molar-refractivity contribution in [3.8, 4) is 0 Å². The van der Waals surface area contributed by atoms with Gasteiger partial charge >= 0.3 is 5.97 Å². The summed E-state index contributed by atoms with van der Waals surface area (Å²) in [7, 11) is 0. The summed E-state index contributed by atoms with van der Waals surface area (Å²) in [6, 6.07) is 6.01. The van der Waals surface area contributed by atoms with E-state index in [4.69, 9.17) is 5.11 Å². The van der Waals surface area contributed by atoms with Gasteiger partial charge in [0.25, 0.3) is 0 Å². The molecule has 0 aromatic heterocycles. The molecule has 1 aromatic carbocycles. The summed E-state index contributed by atoms with van der Waals surface area (Å²) in [4.78, 5) is 22.7. The molecule has 96 valence electrons. The molecule has 0 radical (unpaired) electrons. The second-order valence-electron chi connectivity index (χ2n) is 4.99. The number of aliphatic hydroxyl groups excluding tert-OH is 1. The number of carbonyl (C=O) groups is 2. The van der Waals surface area contributed by atoms with Gasteiger partial charge in [0.15, 0.2) is 5.78 Å². The van der Waals surface area contributed by atoms with Gasteiger partial charge in [-0.2, -0.15) is 0 Å². The Morgan fingerprint density at radius 2 is 1.56 bits per heavy atom. The van der Waals surface area contributed by atoms with E-state index in [2.05, 4.69) is 0 Å². The highest BCUT2D eigenvalue weighted by Gasteiger charge is 2.21. The van der Waals surface area contributed by atoms with Gasteiger partial charge in [0.05, 0.1) is 5.56 Å². The highest BCUT2D eigenvalue weighted by Crippen LogP contribution is 2.21. The minimum absolute atomic E-state index is 0.0343. The van der Waals surface area contributed by atoms with Crippen LogP contribution in [0.4, 0.5) is 0 Å². The third-order valence-corrected chi connectivity index (χ3v) is 2.44. The smallest absolute Gasteiger partial charge is 0.336 e. The molecule has 0 aliphatic carbocycles. The Morgan fingerprint density at radius 1 is 1.06 bits per heavy atom. The fourth-order valence-corrected chi connectivity index (χ4v) is 1.31. The standard InChI is InChI=1S/C14H16O4/c1-14(2,3)12(16)8-11(15)9-6-4-5-7-10(9)13(17)18/h4-8,15H,1-3H3,(H,17,18)/b11-8-. The maximum absolute atomic E-state index is 11.7. The van der Waals surface area contributed by atoms with Crippen LogP contribution >= 0.6 is 0 Å². The van der Waals surface area contributed by atoms with E-state index >= 15 is 0 Å². The lowest BCUT2D eigenvalue weighted by molar-refractivity contribution is -0.121. The molecular formula is C14H16O4. The van der Waals surface area contributed by atoms with E-state index < -0.39 is 11.4 Å². The molecule has 4 nitrogen and oxygen atoms in total. The first-order valence-electron chi connectivity index (χ1n) is 5.51. The van der Waals surface area contributed by atoms with Gasteiger partial charge in [-0.3, -0.25) is 4.79 Å². The lowest BCUT2D eigenvalue weighted by Crippen LogP contribution is -2.18. The molecule has 0 aliphatic heterocycles. The van der Waals surface area contributed by atoms with Crippen molar-refractivity contribution < 1.29 is 19.8 Å². The molecular weight excluding hydrogens is 232 g/mol. The Labute approximate surface area is 106 Å². The van der Waals surface area contributed by atoms with E-state index in [9.17, 15) is 14.7 Å². The number of aliphatic hydroxyl groups is 1. The molecule has 0 heterocycles. The van der Waals surface area contributed by atoms with Crippen molar-refractivity contribution in [1.82, 2.24) is 0 Å². The van der Waals surface area contributed by atoms with E-state index in [1.165, 1.54) is 12.1 Å². The third-order valence-electron chi connectivity index (χ3n) is 2.44. The number of carboxylic acid groups (broad SMARTS) is 1. The van der Waals surface area contributed by atoms with Gasteiger partial charge in [0, 0.05) is 17.1 Å². The monoisotopic (exact) mass is 248 g/mol. The van der Waals surface area contributed by atoms with Crippen molar-refractivity contribution in [1.29, 1.82) is 0 Å². The second kappa shape index (κ2) is 5.04. The van der Waals surface area contributed by atoms with Crippen molar-refractivity contribution in [3.63, 3.8) is 0 Å². The van der Waals surface area contributed by atoms with Crippen LogP contribution in [0, 0.1) is 5.41 Å². The molecule has 0 spiro atoms. The highest BCUT2D eigenvalue weighted by atomic mass is 16.4. The topological polar surface area (TPSA) is 74.6 Å². The Hall–Kier alpha value is -2.10. The van der Waals surface area contributed by atoms with Gasteiger partial charge in [-0.15, -0.1) is 0 Å². The number of carbonyl (C=O) groups excluding carboxylic acids is 1. The van der Waals surface area contributed by atoms with E-state index in [0.29, 0.717) is 0 Å². The summed E-state index contributed by atoms with van der Waals surface area (Å²) in [5, 5.41) is 18.8. The van der Waals surface area contributed by atoms with Crippen LogP contribution < -0.4 is 0 Å². The van der Waals surface area contributed by atoms with Crippen molar-refractivity contribution in [2.45, 2.75) is 20.8 Å². The third kappa shape index (κ3) is 3.20. The fraction of sp³-hybridized carbons (Fsp3) is 0.286. The zero-order chi connectivity index (χ0) is 13.9. The molecule has 0 saturated heterocycles. The normalized spacial score (nSPS) is 12.3. The lowest BCUT2D eigenvalue weighted by atomic mass is 9.90. The Bertz CT molecular complexity index is 507. The van der Waals surface area contributed by atoms with E-state index in [0.717, 1.165) is 6.08 Å². The Kier molecular flexibility index (Phi) is 3.91. The minimum atomic E-state index is -1.14. The molecule has 2 N–H and O–H groups in total. The van der Waals surface area contributed by atoms with Gasteiger partial charge in [-0.25, -0.2) is 4.79 Å². The van der Waals surface area contributed by atoms with Gasteiger partial charge in [-0.05, 0) is 6.07 Å². The highest BCUT2D eigenvalue weighted by molar-refractivity contribution is 6.01. The molecule has 0 bridgehead atoms. The number of carboxylic acids is 1.